The Hall–Kier alpha value is -3.52. The van der Waals surface area contributed by atoms with Gasteiger partial charge >= 0.3 is 0 Å². The predicted octanol–water partition coefficient (Wildman–Crippen LogP) is 5.01. The Labute approximate surface area is 165 Å². The number of amidine groups is 2. The fraction of sp³-hybridized carbons (Fsp3) is 0.100. The van der Waals surface area contributed by atoms with Crippen LogP contribution >= 0.6 is 11.3 Å². The molecule has 0 aliphatic carbocycles. The zero-order chi connectivity index (χ0) is 19.5. The predicted molar refractivity (Wildman–Crippen MR) is 111 cm³/mol. The average Bonchev–Trinajstić information content (AvgIpc) is 3.16. The fourth-order valence-corrected chi connectivity index (χ4v) is 3.43. The van der Waals surface area contributed by atoms with Crippen LogP contribution in [0.2, 0.25) is 0 Å². The van der Waals surface area contributed by atoms with E-state index >= 15 is 0 Å². The summed E-state index contributed by atoms with van der Waals surface area (Å²) in [5.41, 5.74) is 2.23. The molecule has 0 fully saturated rings. The fourth-order valence-electron chi connectivity index (χ4n) is 2.76. The Bertz CT molecular complexity index is 1070. The molecule has 0 saturated carbocycles. The molecule has 4 rings (SSSR count). The van der Waals surface area contributed by atoms with E-state index < -0.39 is 4.92 Å². The molecule has 0 amide bonds. The molecule has 2 heterocycles. The Morgan fingerprint density at radius 3 is 2.64 bits per heavy atom. The molecule has 3 aromatic rings. The molecule has 0 bridgehead atoms. The SMILES string of the molecule is CCOc1ccc2c(c1)NC(c1cccs1)=NC(c1ccc([N+](=O)[O-])cc1)=N2. The van der Waals surface area contributed by atoms with E-state index in [2.05, 4.69) is 5.32 Å². The van der Waals surface area contributed by atoms with Gasteiger partial charge in [0, 0.05) is 23.8 Å². The van der Waals surface area contributed by atoms with Gasteiger partial charge in [0.25, 0.3) is 5.69 Å². The normalized spacial score (nSPS) is 12.9. The quantitative estimate of drug-likeness (QED) is 0.488. The summed E-state index contributed by atoms with van der Waals surface area (Å²) in [5, 5.41) is 16.3. The molecule has 0 atom stereocenters. The lowest BCUT2D eigenvalue weighted by Gasteiger charge is -2.10. The third-order valence-electron chi connectivity index (χ3n) is 4.07. The molecule has 1 aromatic heterocycles. The van der Waals surface area contributed by atoms with Gasteiger partial charge < -0.3 is 10.1 Å². The van der Waals surface area contributed by atoms with Crippen LogP contribution in [0.4, 0.5) is 17.1 Å². The first-order valence-electron chi connectivity index (χ1n) is 8.64. The average molecular weight is 392 g/mol. The molecule has 0 saturated heterocycles. The Morgan fingerprint density at radius 1 is 1.14 bits per heavy atom. The van der Waals surface area contributed by atoms with Crippen molar-refractivity contribution in [2.24, 2.45) is 9.98 Å². The number of ether oxygens (including phenoxy) is 1. The Balaban J connectivity index is 1.82. The molecule has 0 spiro atoms. The monoisotopic (exact) mass is 392 g/mol. The van der Waals surface area contributed by atoms with Crippen LogP contribution in [-0.2, 0) is 0 Å². The summed E-state index contributed by atoms with van der Waals surface area (Å²) in [6.07, 6.45) is 0. The van der Waals surface area contributed by atoms with Crippen LogP contribution < -0.4 is 10.1 Å². The summed E-state index contributed by atoms with van der Waals surface area (Å²) < 4.78 is 5.60. The van der Waals surface area contributed by atoms with Crippen LogP contribution in [0.25, 0.3) is 0 Å². The molecule has 8 heteroatoms. The van der Waals surface area contributed by atoms with Gasteiger partial charge in [0.2, 0.25) is 0 Å². The molecule has 28 heavy (non-hydrogen) atoms. The highest BCUT2D eigenvalue weighted by Crippen LogP contribution is 2.33. The number of nitro benzene ring substituents is 1. The van der Waals surface area contributed by atoms with Crippen molar-refractivity contribution < 1.29 is 9.66 Å². The van der Waals surface area contributed by atoms with Crippen molar-refractivity contribution in [1.29, 1.82) is 0 Å². The zero-order valence-corrected chi connectivity index (χ0v) is 15.8. The van der Waals surface area contributed by atoms with E-state index in [9.17, 15) is 10.1 Å². The van der Waals surface area contributed by atoms with Gasteiger partial charge in [-0.15, -0.1) is 11.3 Å². The van der Waals surface area contributed by atoms with Gasteiger partial charge in [0.05, 0.1) is 27.8 Å². The van der Waals surface area contributed by atoms with Gasteiger partial charge in [-0.1, -0.05) is 6.07 Å². The number of rotatable bonds is 5. The standard InChI is InChI=1S/C20H16N4O3S/c1-2-27-15-9-10-16-17(12-15)22-20(18-4-3-11-28-18)23-19(21-16)13-5-7-14(8-6-13)24(25)26/h3-12H,2H2,1H3,(H,21,22,23). The molecule has 0 unspecified atom stereocenters. The highest BCUT2D eigenvalue weighted by Gasteiger charge is 2.17. The van der Waals surface area contributed by atoms with Crippen molar-refractivity contribution >= 4 is 40.1 Å². The van der Waals surface area contributed by atoms with E-state index in [-0.39, 0.29) is 5.69 Å². The summed E-state index contributed by atoms with van der Waals surface area (Å²) in [6.45, 7) is 2.50. The maximum absolute atomic E-state index is 10.9. The molecular formula is C20H16N4O3S. The zero-order valence-electron chi connectivity index (χ0n) is 15.0. The number of nitrogens with zero attached hydrogens (tertiary/aromatic N) is 3. The molecule has 1 N–H and O–H groups in total. The maximum Gasteiger partial charge on any atom is 0.269 e. The number of fused-ring (bicyclic) bond motifs is 1. The van der Waals surface area contributed by atoms with E-state index in [4.69, 9.17) is 14.7 Å². The lowest BCUT2D eigenvalue weighted by Crippen LogP contribution is -2.13. The number of hydrogen-bond donors (Lipinski definition) is 1. The van der Waals surface area contributed by atoms with Gasteiger partial charge in [-0.3, -0.25) is 10.1 Å². The number of nitro groups is 1. The van der Waals surface area contributed by atoms with E-state index in [1.165, 1.54) is 12.1 Å². The summed E-state index contributed by atoms with van der Waals surface area (Å²) >= 11 is 1.56. The van der Waals surface area contributed by atoms with Gasteiger partial charge in [0.15, 0.2) is 5.84 Å². The third-order valence-corrected chi connectivity index (χ3v) is 4.94. The molecule has 1 aliphatic heterocycles. The van der Waals surface area contributed by atoms with Gasteiger partial charge in [-0.05, 0) is 42.6 Å². The summed E-state index contributed by atoms with van der Waals surface area (Å²) in [4.78, 5) is 20.9. The minimum absolute atomic E-state index is 0.0281. The first kappa shape index (κ1) is 17.9. The number of nitrogens with one attached hydrogen (secondary N) is 1. The first-order chi connectivity index (χ1) is 13.6. The van der Waals surface area contributed by atoms with Crippen LogP contribution in [0.3, 0.4) is 0 Å². The van der Waals surface area contributed by atoms with Gasteiger partial charge in [-0.2, -0.15) is 0 Å². The van der Waals surface area contributed by atoms with Crippen LogP contribution in [0.15, 0.2) is 70.0 Å². The first-order valence-corrected chi connectivity index (χ1v) is 9.52. The second kappa shape index (κ2) is 7.61. The molecule has 1 aliphatic rings. The van der Waals surface area contributed by atoms with Crippen molar-refractivity contribution in [3.63, 3.8) is 0 Å². The van der Waals surface area contributed by atoms with Gasteiger partial charge in [0.1, 0.15) is 11.6 Å². The second-order valence-electron chi connectivity index (χ2n) is 5.91. The number of benzene rings is 2. The molecule has 0 radical (unpaired) electrons. The van der Waals surface area contributed by atoms with E-state index in [0.717, 1.165) is 16.3 Å². The number of thiophene rings is 1. The highest BCUT2D eigenvalue weighted by molar-refractivity contribution is 7.12. The van der Waals surface area contributed by atoms with Crippen LogP contribution in [0.5, 0.6) is 5.75 Å². The lowest BCUT2D eigenvalue weighted by molar-refractivity contribution is -0.384. The largest absolute Gasteiger partial charge is 0.494 e. The topological polar surface area (TPSA) is 89.1 Å². The molecule has 7 nitrogen and oxygen atoms in total. The van der Waals surface area contributed by atoms with Crippen molar-refractivity contribution in [1.82, 2.24) is 0 Å². The number of non-ortho nitro benzene ring substituents is 1. The molecule has 2 aromatic carbocycles. The number of anilines is 1. The van der Waals surface area contributed by atoms with Crippen LogP contribution in [-0.4, -0.2) is 23.2 Å². The van der Waals surface area contributed by atoms with Crippen molar-refractivity contribution in [2.45, 2.75) is 6.92 Å². The maximum atomic E-state index is 10.9. The summed E-state index contributed by atoms with van der Waals surface area (Å²) in [7, 11) is 0. The van der Waals surface area contributed by atoms with Crippen molar-refractivity contribution in [2.75, 3.05) is 11.9 Å². The number of hydrogen-bond acceptors (Lipinski definition) is 7. The van der Waals surface area contributed by atoms with Crippen molar-refractivity contribution in [3.8, 4) is 5.75 Å². The molecular weight excluding hydrogens is 376 g/mol. The van der Waals surface area contributed by atoms with E-state index in [1.54, 1.807) is 23.5 Å². The Kier molecular flexibility index (Phi) is 4.86. The van der Waals surface area contributed by atoms with E-state index in [1.807, 2.05) is 42.6 Å². The minimum atomic E-state index is -0.425. The van der Waals surface area contributed by atoms with Gasteiger partial charge in [-0.25, -0.2) is 9.98 Å². The second-order valence-corrected chi connectivity index (χ2v) is 6.86. The van der Waals surface area contributed by atoms with Crippen LogP contribution in [0, 0.1) is 10.1 Å². The lowest BCUT2D eigenvalue weighted by atomic mass is 10.2. The van der Waals surface area contributed by atoms with Crippen LogP contribution in [0.1, 0.15) is 17.4 Å². The smallest absolute Gasteiger partial charge is 0.269 e. The van der Waals surface area contributed by atoms with Crippen molar-refractivity contribution in [3.05, 3.63) is 80.5 Å². The third kappa shape index (κ3) is 3.63. The minimum Gasteiger partial charge on any atom is -0.494 e. The highest BCUT2D eigenvalue weighted by atomic mass is 32.1. The molecule has 140 valence electrons. The Morgan fingerprint density at radius 2 is 1.96 bits per heavy atom. The van der Waals surface area contributed by atoms with E-state index in [0.29, 0.717) is 29.5 Å². The summed E-state index contributed by atoms with van der Waals surface area (Å²) in [5.74, 6) is 1.89. The summed E-state index contributed by atoms with van der Waals surface area (Å²) in [6, 6.07) is 15.8. The number of aliphatic imine (C=N–C) groups is 2.